The molecule has 2 aromatic rings. The van der Waals surface area contributed by atoms with Gasteiger partial charge in [-0.05, 0) is 25.2 Å². The van der Waals surface area contributed by atoms with Gasteiger partial charge in [0.2, 0.25) is 5.76 Å². The fraction of sp³-hybridized carbons (Fsp3) is 0.438. The molecular weight excluding hydrogens is 306 g/mol. The van der Waals surface area contributed by atoms with Crippen LogP contribution < -0.4 is 4.74 Å². The Kier molecular flexibility index (Phi) is 7.21. The summed E-state index contributed by atoms with van der Waals surface area (Å²) >= 11 is 0. The summed E-state index contributed by atoms with van der Waals surface area (Å²) in [5.74, 6) is 0.365. The number of hydrogen-bond acceptors (Lipinski definition) is 5. The minimum atomic E-state index is -0.444. The molecule has 0 amide bonds. The molecule has 0 saturated carbocycles. The number of methoxy groups -OCH3 is 1. The van der Waals surface area contributed by atoms with E-state index in [0.717, 1.165) is 25.0 Å². The summed E-state index contributed by atoms with van der Waals surface area (Å²) in [6.07, 6.45) is 0. The van der Waals surface area contributed by atoms with Crippen LogP contribution in [-0.4, -0.2) is 44.2 Å². The molecule has 0 aliphatic rings. The summed E-state index contributed by atoms with van der Waals surface area (Å²) in [5.41, 5.74) is 0.565. The average molecular weight is 328 g/mol. The number of likely N-dealkylation sites (N-methyl/N-ethyl adjacent to an activating group) is 1. The summed E-state index contributed by atoms with van der Waals surface area (Å²) in [5, 5.41) is 0.824. The van der Waals surface area contributed by atoms with Crippen LogP contribution in [0.25, 0.3) is 11.0 Å². The number of fused-ring (bicyclic) bond motifs is 1. The number of carbonyl (C=O) groups is 1. The van der Waals surface area contributed by atoms with Crippen LogP contribution in [0.4, 0.5) is 0 Å². The van der Waals surface area contributed by atoms with Crippen LogP contribution in [0.15, 0.2) is 28.7 Å². The molecule has 0 bridgehead atoms. The van der Waals surface area contributed by atoms with Crippen LogP contribution in [-0.2, 0) is 4.74 Å². The second-order valence-electron chi connectivity index (χ2n) is 4.65. The quantitative estimate of drug-likeness (QED) is 0.730. The molecule has 22 heavy (non-hydrogen) atoms. The zero-order chi connectivity index (χ0) is 15.2. The summed E-state index contributed by atoms with van der Waals surface area (Å²) in [7, 11) is 1.57. The number of esters is 1. The number of nitrogens with zero attached hydrogens (tertiary/aromatic N) is 1. The molecule has 2 rings (SSSR count). The molecule has 0 aliphatic carbocycles. The molecule has 0 radical (unpaired) electrons. The van der Waals surface area contributed by atoms with E-state index in [9.17, 15) is 4.79 Å². The Balaban J connectivity index is 0.00000242. The van der Waals surface area contributed by atoms with Gasteiger partial charge in [-0.2, -0.15) is 0 Å². The van der Waals surface area contributed by atoms with Gasteiger partial charge in [-0.25, -0.2) is 4.79 Å². The maximum atomic E-state index is 12.0. The second kappa shape index (κ2) is 8.66. The molecule has 0 spiro atoms. The van der Waals surface area contributed by atoms with Crippen molar-refractivity contribution in [2.24, 2.45) is 0 Å². The highest BCUT2D eigenvalue weighted by Crippen LogP contribution is 2.28. The van der Waals surface area contributed by atoms with Crippen LogP contribution in [0, 0.1) is 0 Å². The van der Waals surface area contributed by atoms with Crippen molar-refractivity contribution >= 4 is 29.3 Å². The Morgan fingerprint density at radius 3 is 2.64 bits per heavy atom. The molecule has 122 valence electrons. The minimum Gasteiger partial charge on any atom is -0.493 e. The third kappa shape index (κ3) is 4.15. The van der Waals surface area contributed by atoms with Crippen molar-refractivity contribution in [1.82, 2.24) is 4.90 Å². The highest BCUT2D eigenvalue weighted by Gasteiger charge is 2.16. The third-order valence-electron chi connectivity index (χ3n) is 3.46. The predicted molar refractivity (Wildman–Crippen MR) is 88.1 cm³/mol. The Hall–Kier alpha value is -1.72. The molecule has 1 aromatic carbocycles. The van der Waals surface area contributed by atoms with E-state index in [1.54, 1.807) is 19.2 Å². The minimum absolute atomic E-state index is 0. The summed E-state index contributed by atoms with van der Waals surface area (Å²) in [4.78, 5) is 14.2. The Labute approximate surface area is 136 Å². The van der Waals surface area contributed by atoms with E-state index in [-0.39, 0.29) is 18.2 Å². The monoisotopic (exact) mass is 327 g/mol. The van der Waals surface area contributed by atoms with Crippen molar-refractivity contribution in [3.8, 4) is 5.75 Å². The molecule has 0 unspecified atom stereocenters. The Bertz CT molecular complexity index is 607. The van der Waals surface area contributed by atoms with E-state index in [1.165, 1.54) is 0 Å². The predicted octanol–water partition coefficient (Wildman–Crippen LogP) is 3.36. The van der Waals surface area contributed by atoms with Crippen LogP contribution in [0.1, 0.15) is 24.4 Å². The number of furan rings is 1. The molecule has 1 heterocycles. The maximum absolute atomic E-state index is 12.0. The van der Waals surface area contributed by atoms with Gasteiger partial charge in [-0.3, -0.25) is 0 Å². The lowest BCUT2D eigenvalue weighted by Crippen LogP contribution is -2.27. The maximum Gasteiger partial charge on any atom is 0.374 e. The highest BCUT2D eigenvalue weighted by atomic mass is 35.5. The van der Waals surface area contributed by atoms with Crippen molar-refractivity contribution in [3.05, 3.63) is 30.0 Å². The van der Waals surface area contributed by atoms with E-state index in [4.69, 9.17) is 13.9 Å². The van der Waals surface area contributed by atoms with Crippen LogP contribution >= 0.6 is 12.4 Å². The number of halogens is 1. The normalized spacial score (nSPS) is 10.5. The first kappa shape index (κ1) is 18.3. The van der Waals surface area contributed by atoms with Gasteiger partial charge in [-0.15, -0.1) is 12.4 Å². The number of hydrogen-bond donors (Lipinski definition) is 0. The molecule has 0 N–H and O–H groups in total. The summed E-state index contributed by atoms with van der Waals surface area (Å²) in [6.45, 7) is 7.12. The van der Waals surface area contributed by atoms with Crippen molar-refractivity contribution in [2.75, 3.05) is 33.4 Å². The van der Waals surface area contributed by atoms with Gasteiger partial charge in [0.05, 0.1) is 7.11 Å². The largest absolute Gasteiger partial charge is 0.493 e. The van der Waals surface area contributed by atoms with Crippen LogP contribution in [0.3, 0.4) is 0 Å². The lowest BCUT2D eigenvalue weighted by atomic mass is 10.2. The van der Waals surface area contributed by atoms with E-state index in [1.807, 2.05) is 12.1 Å². The number of carbonyl (C=O) groups excluding carboxylic acids is 1. The molecule has 0 saturated heterocycles. The number of rotatable bonds is 7. The zero-order valence-electron chi connectivity index (χ0n) is 13.1. The first-order valence-electron chi connectivity index (χ1n) is 7.15. The second-order valence-corrected chi connectivity index (χ2v) is 4.65. The molecular formula is C16H22ClNO4. The highest BCUT2D eigenvalue weighted by molar-refractivity contribution is 5.94. The van der Waals surface area contributed by atoms with Crippen molar-refractivity contribution in [3.63, 3.8) is 0 Å². The fourth-order valence-corrected chi connectivity index (χ4v) is 2.18. The van der Waals surface area contributed by atoms with Gasteiger partial charge in [0.25, 0.3) is 0 Å². The molecule has 0 fully saturated rings. The van der Waals surface area contributed by atoms with Crippen LogP contribution in [0.2, 0.25) is 0 Å². The SMILES string of the molecule is CCN(CC)CCOC(=O)c1cc2cccc(OC)c2o1.Cl. The lowest BCUT2D eigenvalue weighted by molar-refractivity contribution is 0.0433. The average Bonchev–Trinajstić information content (AvgIpc) is 2.95. The first-order valence-corrected chi connectivity index (χ1v) is 7.15. The van der Waals surface area contributed by atoms with Crippen molar-refractivity contribution < 1.29 is 18.7 Å². The number of benzene rings is 1. The Morgan fingerprint density at radius 2 is 2.00 bits per heavy atom. The summed E-state index contributed by atoms with van der Waals surface area (Å²) in [6, 6.07) is 7.19. The molecule has 0 aliphatic heterocycles. The van der Waals surface area contributed by atoms with Crippen molar-refractivity contribution in [2.45, 2.75) is 13.8 Å². The van der Waals surface area contributed by atoms with E-state index >= 15 is 0 Å². The van der Waals surface area contributed by atoms with E-state index in [0.29, 0.717) is 17.9 Å². The first-order chi connectivity index (χ1) is 10.2. The zero-order valence-corrected chi connectivity index (χ0v) is 13.9. The van der Waals surface area contributed by atoms with Crippen LogP contribution in [0.5, 0.6) is 5.75 Å². The van der Waals surface area contributed by atoms with Gasteiger partial charge in [0.15, 0.2) is 11.3 Å². The van der Waals surface area contributed by atoms with Gasteiger partial charge in [-0.1, -0.05) is 26.0 Å². The number of para-hydroxylation sites is 1. The standard InChI is InChI=1S/C16H21NO4.ClH/c1-4-17(5-2)9-10-20-16(18)14-11-12-7-6-8-13(19-3)15(12)21-14;/h6-8,11H,4-5,9-10H2,1-3H3;1H. The van der Waals surface area contributed by atoms with Crippen molar-refractivity contribution in [1.29, 1.82) is 0 Å². The smallest absolute Gasteiger partial charge is 0.374 e. The molecule has 1 aromatic heterocycles. The summed E-state index contributed by atoms with van der Waals surface area (Å²) < 4.78 is 16.0. The number of ether oxygens (including phenoxy) is 2. The topological polar surface area (TPSA) is 51.9 Å². The van der Waals surface area contributed by atoms with Gasteiger partial charge < -0.3 is 18.8 Å². The fourth-order valence-electron chi connectivity index (χ4n) is 2.18. The molecule has 0 atom stereocenters. The van der Waals surface area contributed by atoms with Gasteiger partial charge in [0, 0.05) is 11.9 Å². The Morgan fingerprint density at radius 1 is 1.27 bits per heavy atom. The van der Waals surface area contributed by atoms with E-state index in [2.05, 4.69) is 18.7 Å². The molecule has 6 heteroatoms. The van der Waals surface area contributed by atoms with E-state index < -0.39 is 5.97 Å². The lowest BCUT2D eigenvalue weighted by Gasteiger charge is -2.17. The third-order valence-corrected chi connectivity index (χ3v) is 3.46. The van der Waals surface area contributed by atoms with Gasteiger partial charge in [0.1, 0.15) is 6.61 Å². The van der Waals surface area contributed by atoms with Gasteiger partial charge >= 0.3 is 5.97 Å². The molecule has 5 nitrogen and oxygen atoms in total.